The van der Waals surface area contributed by atoms with Crippen molar-refractivity contribution in [1.82, 2.24) is 9.55 Å². The summed E-state index contributed by atoms with van der Waals surface area (Å²) in [7, 11) is 3.06. The number of carbonyl (C=O) groups excluding carboxylic acids is 1. The Hall–Kier alpha value is -3.48. The van der Waals surface area contributed by atoms with Crippen molar-refractivity contribution in [3.05, 3.63) is 76.5 Å². The number of H-pyrrole nitrogens is 1. The third kappa shape index (κ3) is 3.61. The molecule has 0 aliphatic carbocycles. The maximum atomic E-state index is 12.6. The van der Waals surface area contributed by atoms with E-state index < -0.39 is 5.91 Å². The van der Waals surface area contributed by atoms with Crippen LogP contribution in [0.3, 0.4) is 0 Å². The van der Waals surface area contributed by atoms with Crippen LogP contribution in [0.4, 0.5) is 5.69 Å². The number of methoxy groups -OCH3 is 2. The molecule has 0 radical (unpaired) electrons. The highest BCUT2D eigenvalue weighted by molar-refractivity contribution is 6.03. The van der Waals surface area contributed by atoms with E-state index in [9.17, 15) is 9.59 Å². The van der Waals surface area contributed by atoms with E-state index in [0.29, 0.717) is 23.7 Å². The van der Waals surface area contributed by atoms with E-state index >= 15 is 0 Å². The van der Waals surface area contributed by atoms with Crippen molar-refractivity contribution in [2.24, 2.45) is 0 Å². The summed E-state index contributed by atoms with van der Waals surface area (Å²) in [6.07, 6.45) is 1.40. The molecule has 2 N–H and O–H groups in total. The van der Waals surface area contributed by atoms with Crippen LogP contribution in [0.5, 0.6) is 11.5 Å². The van der Waals surface area contributed by atoms with E-state index in [1.165, 1.54) is 25.0 Å². The fourth-order valence-corrected chi connectivity index (χ4v) is 2.62. The molecule has 0 bridgehead atoms. The molecule has 7 heteroatoms. The number of nitrogens with one attached hydrogen (secondary N) is 2. The lowest BCUT2D eigenvalue weighted by atomic mass is 10.2. The first kappa shape index (κ1) is 17.3. The minimum atomic E-state index is -0.397. The Morgan fingerprint density at radius 3 is 2.50 bits per heavy atom. The largest absolute Gasteiger partial charge is 0.493 e. The summed E-state index contributed by atoms with van der Waals surface area (Å²) in [5.41, 5.74) is 1.36. The number of imidazole rings is 1. The lowest BCUT2D eigenvalue weighted by Gasteiger charge is -2.11. The van der Waals surface area contributed by atoms with Crippen LogP contribution in [0.25, 0.3) is 0 Å². The SMILES string of the molecule is COc1ccc(NC(=O)c2c[nH]c(=O)n2Cc2ccccc2)cc1OC. The van der Waals surface area contributed by atoms with Gasteiger partial charge in [0.05, 0.1) is 20.8 Å². The van der Waals surface area contributed by atoms with E-state index in [4.69, 9.17) is 9.47 Å². The summed E-state index contributed by atoms with van der Waals surface area (Å²) in [6.45, 7) is 0.303. The second-order valence-electron chi connectivity index (χ2n) is 5.57. The van der Waals surface area contributed by atoms with Crippen LogP contribution in [-0.2, 0) is 6.54 Å². The zero-order chi connectivity index (χ0) is 18.5. The van der Waals surface area contributed by atoms with Crippen molar-refractivity contribution in [3.8, 4) is 11.5 Å². The van der Waals surface area contributed by atoms with Gasteiger partial charge in [-0.1, -0.05) is 30.3 Å². The summed E-state index contributed by atoms with van der Waals surface area (Å²) in [6, 6.07) is 14.5. The van der Waals surface area contributed by atoms with Crippen LogP contribution < -0.4 is 20.5 Å². The van der Waals surface area contributed by atoms with Crippen molar-refractivity contribution in [2.75, 3.05) is 19.5 Å². The molecule has 7 nitrogen and oxygen atoms in total. The first-order valence-corrected chi connectivity index (χ1v) is 7.98. The minimum absolute atomic E-state index is 0.244. The topological polar surface area (TPSA) is 85.4 Å². The van der Waals surface area contributed by atoms with Crippen LogP contribution in [0.15, 0.2) is 59.5 Å². The van der Waals surface area contributed by atoms with Gasteiger partial charge in [-0.05, 0) is 17.7 Å². The molecule has 0 saturated carbocycles. The number of hydrogen-bond acceptors (Lipinski definition) is 4. The molecule has 26 heavy (non-hydrogen) atoms. The molecule has 0 fully saturated rings. The highest BCUT2D eigenvalue weighted by atomic mass is 16.5. The molecule has 0 spiro atoms. The van der Waals surface area contributed by atoms with Crippen molar-refractivity contribution in [2.45, 2.75) is 6.54 Å². The zero-order valence-corrected chi connectivity index (χ0v) is 14.5. The molecule has 0 aliphatic heterocycles. The van der Waals surface area contributed by atoms with Crippen LogP contribution in [-0.4, -0.2) is 29.7 Å². The van der Waals surface area contributed by atoms with E-state index in [1.807, 2.05) is 30.3 Å². The Morgan fingerprint density at radius 1 is 1.08 bits per heavy atom. The number of amides is 1. The van der Waals surface area contributed by atoms with E-state index in [2.05, 4.69) is 10.3 Å². The predicted octanol–water partition coefficient (Wildman–Crippen LogP) is 2.49. The number of benzene rings is 2. The zero-order valence-electron chi connectivity index (χ0n) is 14.5. The molecule has 1 heterocycles. The summed E-state index contributed by atoms with van der Waals surface area (Å²) in [5.74, 6) is 0.667. The molecule has 0 unspecified atom stereocenters. The molecule has 0 aliphatic rings. The Labute approximate surface area is 150 Å². The number of anilines is 1. The fourth-order valence-electron chi connectivity index (χ4n) is 2.62. The monoisotopic (exact) mass is 353 g/mol. The summed E-state index contributed by atoms with van der Waals surface area (Å²) >= 11 is 0. The van der Waals surface area contributed by atoms with Gasteiger partial charge in [0.15, 0.2) is 11.5 Å². The van der Waals surface area contributed by atoms with Crippen molar-refractivity contribution in [1.29, 1.82) is 0 Å². The summed E-state index contributed by atoms with van der Waals surface area (Å²) in [5, 5.41) is 2.77. The lowest BCUT2D eigenvalue weighted by molar-refractivity contribution is 0.101. The van der Waals surface area contributed by atoms with E-state index in [-0.39, 0.29) is 11.4 Å². The summed E-state index contributed by atoms with van der Waals surface area (Å²) in [4.78, 5) is 27.3. The number of ether oxygens (including phenoxy) is 2. The van der Waals surface area contributed by atoms with Gasteiger partial charge in [-0.3, -0.25) is 9.36 Å². The van der Waals surface area contributed by atoms with Crippen LogP contribution in [0.1, 0.15) is 16.1 Å². The van der Waals surface area contributed by atoms with E-state index in [0.717, 1.165) is 5.56 Å². The van der Waals surface area contributed by atoms with Crippen LogP contribution >= 0.6 is 0 Å². The Bertz CT molecular complexity index is 960. The third-order valence-corrected chi connectivity index (χ3v) is 3.93. The Balaban J connectivity index is 1.84. The standard InChI is InChI=1S/C19H19N3O4/c1-25-16-9-8-14(10-17(16)26-2)21-18(23)15-11-20-19(24)22(15)12-13-6-4-3-5-7-13/h3-11H,12H2,1-2H3,(H,20,24)(H,21,23). The first-order valence-electron chi connectivity index (χ1n) is 7.98. The van der Waals surface area contributed by atoms with Crippen LogP contribution in [0, 0.1) is 0 Å². The molecule has 0 saturated heterocycles. The Kier molecular flexibility index (Phi) is 5.07. The number of carbonyl (C=O) groups is 1. The normalized spacial score (nSPS) is 10.4. The van der Waals surface area contributed by atoms with Gasteiger partial charge >= 0.3 is 5.69 Å². The van der Waals surface area contributed by atoms with Crippen molar-refractivity contribution in [3.63, 3.8) is 0 Å². The van der Waals surface area contributed by atoms with Crippen LogP contribution in [0.2, 0.25) is 0 Å². The molecule has 3 rings (SSSR count). The number of aromatic amines is 1. The average molecular weight is 353 g/mol. The lowest BCUT2D eigenvalue weighted by Crippen LogP contribution is -2.24. The molecule has 1 aromatic heterocycles. The van der Waals surface area contributed by atoms with Crippen molar-refractivity contribution >= 4 is 11.6 Å². The quantitative estimate of drug-likeness (QED) is 0.713. The molecular formula is C19H19N3O4. The second kappa shape index (κ2) is 7.60. The number of hydrogen-bond donors (Lipinski definition) is 2. The summed E-state index contributed by atoms with van der Waals surface area (Å²) < 4.78 is 11.8. The molecule has 1 amide bonds. The van der Waals surface area contributed by atoms with Crippen molar-refractivity contribution < 1.29 is 14.3 Å². The molecular weight excluding hydrogens is 334 g/mol. The number of rotatable bonds is 6. The highest BCUT2D eigenvalue weighted by Gasteiger charge is 2.16. The van der Waals surface area contributed by atoms with Gasteiger partial charge in [-0.15, -0.1) is 0 Å². The second-order valence-corrected chi connectivity index (χ2v) is 5.57. The molecule has 3 aromatic rings. The first-order chi connectivity index (χ1) is 12.6. The molecule has 2 aromatic carbocycles. The molecule has 0 atom stereocenters. The third-order valence-electron chi connectivity index (χ3n) is 3.93. The predicted molar refractivity (Wildman–Crippen MR) is 98.1 cm³/mol. The van der Waals surface area contributed by atoms with Gasteiger partial charge in [0.2, 0.25) is 0 Å². The van der Waals surface area contributed by atoms with Gasteiger partial charge in [0.1, 0.15) is 5.69 Å². The van der Waals surface area contributed by atoms with Gasteiger partial charge in [-0.2, -0.15) is 0 Å². The smallest absolute Gasteiger partial charge is 0.326 e. The molecule has 134 valence electrons. The Morgan fingerprint density at radius 2 is 1.81 bits per heavy atom. The minimum Gasteiger partial charge on any atom is -0.493 e. The van der Waals surface area contributed by atoms with Gasteiger partial charge < -0.3 is 19.8 Å². The number of nitrogens with zero attached hydrogens (tertiary/aromatic N) is 1. The van der Waals surface area contributed by atoms with Gasteiger partial charge in [0, 0.05) is 18.0 Å². The van der Waals surface area contributed by atoms with Gasteiger partial charge in [-0.25, -0.2) is 4.79 Å². The maximum Gasteiger partial charge on any atom is 0.326 e. The van der Waals surface area contributed by atoms with Gasteiger partial charge in [0.25, 0.3) is 5.91 Å². The number of aromatic nitrogens is 2. The highest BCUT2D eigenvalue weighted by Crippen LogP contribution is 2.29. The average Bonchev–Trinajstić information content (AvgIpc) is 3.03. The van der Waals surface area contributed by atoms with E-state index in [1.54, 1.807) is 18.2 Å². The fraction of sp³-hybridized carbons (Fsp3) is 0.158. The maximum absolute atomic E-state index is 12.6.